The molecule has 0 spiro atoms. The second-order valence-corrected chi connectivity index (χ2v) is 7.32. The molecule has 3 N–H and O–H groups in total. The number of nitrogens with one attached hydrogen (secondary N) is 3. The Morgan fingerprint density at radius 3 is 2.14 bits per heavy atom. The quantitative estimate of drug-likeness (QED) is 0.660. The Labute approximate surface area is 169 Å². The first-order valence-electron chi connectivity index (χ1n) is 9.80. The van der Waals surface area contributed by atoms with Gasteiger partial charge < -0.3 is 16.0 Å². The smallest absolute Gasteiger partial charge is 0.249 e. The SMILES string of the molecule is C[C@H](NC(=O)C1CCCC1)C(=O)Nc1ccc(NC(=O)[C@@H](C)n2cncn2)cc1. The number of rotatable bonds is 7. The third-order valence-electron chi connectivity index (χ3n) is 5.11. The number of carbonyl (C=O) groups is 3. The summed E-state index contributed by atoms with van der Waals surface area (Å²) >= 11 is 0. The van der Waals surface area contributed by atoms with E-state index in [-0.39, 0.29) is 23.6 Å². The van der Waals surface area contributed by atoms with Crippen molar-refractivity contribution < 1.29 is 14.4 Å². The first kappa shape index (κ1) is 20.5. The van der Waals surface area contributed by atoms with E-state index >= 15 is 0 Å². The lowest BCUT2D eigenvalue weighted by Gasteiger charge is -2.17. The van der Waals surface area contributed by atoms with Crippen LogP contribution >= 0.6 is 0 Å². The predicted molar refractivity (Wildman–Crippen MR) is 108 cm³/mol. The van der Waals surface area contributed by atoms with E-state index < -0.39 is 12.1 Å². The monoisotopic (exact) mass is 398 g/mol. The minimum Gasteiger partial charge on any atom is -0.344 e. The molecule has 1 saturated carbocycles. The zero-order chi connectivity index (χ0) is 20.8. The van der Waals surface area contributed by atoms with Crippen molar-refractivity contribution in [3.05, 3.63) is 36.9 Å². The molecule has 0 bridgehead atoms. The molecule has 1 aliphatic rings. The maximum Gasteiger partial charge on any atom is 0.249 e. The van der Waals surface area contributed by atoms with Gasteiger partial charge in [-0.2, -0.15) is 5.10 Å². The molecule has 9 nitrogen and oxygen atoms in total. The van der Waals surface area contributed by atoms with Gasteiger partial charge in [0, 0.05) is 17.3 Å². The fourth-order valence-electron chi connectivity index (χ4n) is 3.26. The molecular formula is C20H26N6O3. The second kappa shape index (κ2) is 9.31. The molecule has 3 rings (SSSR count). The standard InChI is InChI=1S/C20H26N6O3/c1-13(23-20(29)15-5-3-4-6-15)18(27)24-16-7-9-17(10-8-16)25-19(28)14(2)26-12-21-11-22-26/h7-15H,3-6H2,1-2H3,(H,23,29)(H,24,27)(H,25,28)/t13-,14+/m0/s1. The van der Waals surface area contributed by atoms with E-state index in [0.717, 1.165) is 25.7 Å². The van der Waals surface area contributed by atoms with E-state index in [4.69, 9.17) is 0 Å². The number of amides is 3. The highest BCUT2D eigenvalue weighted by molar-refractivity contribution is 5.98. The van der Waals surface area contributed by atoms with Crippen LogP contribution in [-0.2, 0) is 14.4 Å². The van der Waals surface area contributed by atoms with Crippen LogP contribution in [0, 0.1) is 5.92 Å². The minimum absolute atomic E-state index is 0.0214. The molecule has 0 unspecified atom stereocenters. The zero-order valence-corrected chi connectivity index (χ0v) is 16.6. The van der Waals surface area contributed by atoms with Gasteiger partial charge in [0.1, 0.15) is 24.7 Å². The van der Waals surface area contributed by atoms with Gasteiger partial charge in [0.15, 0.2) is 0 Å². The van der Waals surface area contributed by atoms with Crippen molar-refractivity contribution in [2.24, 2.45) is 5.92 Å². The molecule has 3 amide bonds. The first-order chi connectivity index (χ1) is 13.9. The number of anilines is 2. The van der Waals surface area contributed by atoms with E-state index in [2.05, 4.69) is 26.0 Å². The van der Waals surface area contributed by atoms with Gasteiger partial charge in [-0.15, -0.1) is 0 Å². The summed E-state index contributed by atoms with van der Waals surface area (Å²) in [5, 5.41) is 12.3. The lowest BCUT2D eigenvalue weighted by molar-refractivity contribution is -0.128. The predicted octanol–water partition coefficient (Wildman–Crippen LogP) is 2.11. The number of benzene rings is 1. The van der Waals surface area contributed by atoms with Gasteiger partial charge in [0.25, 0.3) is 0 Å². The van der Waals surface area contributed by atoms with Crippen LogP contribution in [0.3, 0.4) is 0 Å². The van der Waals surface area contributed by atoms with Crippen LogP contribution in [-0.4, -0.2) is 38.5 Å². The zero-order valence-electron chi connectivity index (χ0n) is 16.6. The first-order valence-corrected chi connectivity index (χ1v) is 9.80. The number of hydrogen-bond acceptors (Lipinski definition) is 5. The molecule has 1 aromatic carbocycles. The molecular weight excluding hydrogens is 372 g/mol. The minimum atomic E-state index is -0.619. The van der Waals surface area contributed by atoms with Gasteiger partial charge in [-0.3, -0.25) is 14.4 Å². The molecule has 29 heavy (non-hydrogen) atoms. The fourth-order valence-corrected chi connectivity index (χ4v) is 3.26. The second-order valence-electron chi connectivity index (χ2n) is 7.32. The molecule has 2 aromatic rings. The third-order valence-corrected chi connectivity index (χ3v) is 5.11. The number of hydrogen-bond donors (Lipinski definition) is 3. The van der Waals surface area contributed by atoms with E-state index in [0.29, 0.717) is 11.4 Å². The molecule has 0 aliphatic heterocycles. The largest absolute Gasteiger partial charge is 0.344 e. The van der Waals surface area contributed by atoms with Crippen molar-refractivity contribution in [1.82, 2.24) is 20.1 Å². The molecule has 1 heterocycles. The molecule has 154 valence electrons. The van der Waals surface area contributed by atoms with E-state index in [1.807, 2.05) is 0 Å². The van der Waals surface area contributed by atoms with E-state index in [1.54, 1.807) is 38.1 Å². The maximum atomic E-state index is 12.3. The van der Waals surface area contributed by atoms with Crippen LogP contribution in [0.15, 0.2) is 36.9 Å². The molecule has 9 heteroatoms. The average molecular weight is 398 g/mol. The molecule has 0 radical (unpaired) electrons. The van der Waals surface area contributed by atoms with Crippen molar-refractivity contribution in [2.45, 2.75) is 51.6 Å². The summed E-state index contributed by atoms with van der Waals surface area (Å²) in [7, 11) is 0. The lowest BCUT2D eigenvalue weighted by atomic mass is 10.1. The molecule has 1 fully saturated rings. The van der Waals surface area contributed by atoms with Gasteiger partial charge in [-0.25, -0.2) is 9.67 Å². The summed E-state index contributed by atoms with van der Waals surface area (Å²) in [4.78, 5) is 40.6. The average Bonchev–Trinajstić information content (AvgIpc) is 3.42. The van der Waals surface area contributed by atoms with Crippen molar-refractivity contribution in [3.63, 3.8) is 0 Å². The number of nitrogens with zero attached hydrogens (tertiary/aromatic N) is 3. The highest BCUT2D eigenvalue weighted by Crippen LogP contribution is 2.24. The van der Waals surface area contributed by atoms with Crippen LogP contribution in [0.5, 0.6) is 0 Å². The third kappa shape index (κ3) is 5.40. The summed E-state index contributed by atoms with van der Waals surface area (Å²) in [5.74, 6) is -0.541. The van der Waals surface area contributed by atoms with Crippen LogP contribution in [0.25, 0.3) is 0 Å². The van der Waals surface area contributed by atoms with E-state index in [1.165, 1.54) is 17.3 Å². The van der Waals surface area contributed by atoms with Gasteiger partial charge >= 0.3 is 0 Å². The van der Waals surface area contributed by atoms with Crippen LogP contribution in [0.1, 0.15) is 45.6 Å². The van der Waals surface area contributed by atoms with Crippen LogP contribution in [0.2, 0.25) is 0 Å². The molecule has 1 aromatic heterocycles. The summed E-state index contributed by atoms with van der Waals surface area (Å²) in [6, 6.07) is 5.66. The van der Waals surface area contributed by atoms with Gasteiger partial charge in [-0.05, 0) is 51.0 Å². The van der Waals surface area contributed by atoms with Gasteiger partial charge in [0.2, 0.25) is 17.7 Å². The summed E-state index contributed by atoms with van der Waals surface area (Å²) in [5.41, 5.74) is 1.18. The van der Waals surface area contributed by atoms with Crippen molar-refractivity contribution >= 4 is 29.1 Å². The highest BCUT2D eigenvalue weighted by atomic mass is 16.2. The molecule has 1 aliphatic carbocycles. The Balaban J connectivity index is 1.49. The van der Waals surface area contributed by atoms with Crippen molar-refractivity contribution in [3.8, 4) is 0 Å². The Hall–Kier alpha value is -3.23. The Morgan fingerprint density at radius 2 is 1.59 bits per heavy atom. The molecule has 0 saturated heterocycles. The Bertz CT molecular complexity index is 844. The Kier molecular flexibility index (Phi) is 6.58. The topological polar surface area (TPSA) is 118 Å². The maximum absolute atomic E-state index is 12.3. The number of carbonyl (C=O) groups excluding carboxylic acids is 3. The Morgan fingerprint density at radius 1 is 1.00 bits per heavy atom. The highest BCUT2D eigenvalue weighted by Gasteiger charge is 2.25. The van der Waals surface area contributed by atoms with Crippen molar-refractivity contribution in [1.29, 1.82) is 0 Å². The van der Waals surface area contributed by atoms with Crippen molar-refractivity contribution in [2.75, 3.05) is 10.6 Å². The number of aromatic nitrogens is 3. The summed E-state index contributed by atoms with van der Waals surface area (Å²) < 4.78 is 1.46. The summed E-state index contributed by atoms with van der Waals surface area (Å²) in [6.45, 7) is 3.39. The van der Waals surface area contributed by atoms with Crippen LogP contribution in [0.4, 0.5) is 11.4 Å². The fraction of sp³-hybridized carbons (Fsp3) is 0.450. The van der Waals surface area contributed by atoms with E-state index in [9.17, 15) is 14.4 Å². The molecule has 2 atom stereocenters. The lowest BCUT2D eigenvalue weighted by Crippen LogP contribution is -2.43. The van der Waals surface area contributed by atoms with Crippen LogP contribution < -0.4 is 16.0 Å². The van der Waals surface area contributed by atoms with Gasteiger partial charge in [-0.1, -0.05) is 12.8 Å². The normalized spacial score (nSPS) is 16.1. The summed E-state index contributed by atoms with van der Waals surface area (Å²) in [6.07, 6.45) is 6.78. The van der Waals surface area contributed by atoms with Gasteiger partial charge in [0.05, 0.1) is 0 Å².